The molecule has 0 bridgehead atoms. The molecule has 137 valence electrons. The van der Waals surface area contributed by atoms with Crippen LogP contribution in [-0.2, 0) is 42.3 Å². The normalized spacial score (nSPS) is 16.4. The topological polar surface area (TPSA) is 86.8 Å². The van der Waals surface area contributed by atoms with Gasteiger partial charge in [0.25, 0.3) is 0 Å². The second-order valence-corrected chi connectivity index (χ2v) is 6.72. The predicted octanol–water partition coefficient (Wildman–Crippen LogP) is 1.64. The minimum absolute atomic E-state index is 0. The fourth-order valence-corrected chi connectivity index (χ4v) is 2.68. The Hall–Kier alpha value is -0.0461. The third-order valence-corrected chi connectivity index (χ3v) is 4.06. The molecule has 1 N–H and O–H groups in total. The van der Waals surface area contributed by atoms with Crippen LogP contribution in [0.4, 0.5) is 0 Å². The molecule has 9 heteroatoms. The van der Waals surface area contributed by atoms with Gasteiger partial charge in [-0.15, -0.1) is 5.41 Å². The maximum atomic E-state index is 12.3. The molecule has 1 radical (unpaired) electrons. The van der Waals surface area contributed by atoms with Gasteiger partial charge in [-0.1, -0.05) is 38.6 Å². The molecule has 0 aromatic rings. The summed E-state index contributed by atoms with van der Waals surface area (Å²) in [5.41, 5.74) is -0.258. The molecular formula is C15H27N3O4SY-2. The van der Waals surface area contributed by atoms with Gasteiger partial charge in [0.15, 0.2) is 0 Å². The van der Waals surface area contributed by atoms with Gasteiger partial charge < -0.3 is 16.7 Å². The zero-order valence-corrected chi connectivity index (χ0v) is 18.3. The maximum Gasteiger partial charge on any atom is 0.209 e. The molecule has 0 spiro atoms. The van der Waals surface area contributed by atoms with E-state index in [0.29, 0.717) is 32.5 Å². The van der Waals surface area contributed by atoms with Gasteiger partial charge >= 0.3 is 0 Å². The number of hydrogen-bond acceptors (Lipinski definition) is 6. The number of rotatable bonds is 7. The molecule has 1 heterocycles. The zero-order valence-electron chi connectivity index (χ0n) is 15.6. The Morgan fingerprint density at radius 3 is 2.46 bits per heavy atom. The van der Waals surface area contributed by atoms with E-state index in [9.17, 15) is 9.59 Å². The second-order valence-electron chi connectivity index (χ2n) is 6.02. The van der Waals surface area contributed by atoms with Gasteiger partial charge in [-0.25, -0.2) is 6.54 Å². The van der Waals surface area contributed by atoms with Crippen LogP contribution in [0.3, 0.4) is 0 Å². The van der Waals surface area contributed by atoms with Crippen molar-refractivity contribution in [2.24, 2.45) is 11.3 Å². The molecule has 1 rings (SSSR count). The van der Waals surface area contributed by atoms with Crippen molar-refractivity contribution in [3.63, 3.8) is 0 Å². The number of hydrogen-bond donors (Lipinski definition) is 1. The van der Waals surface area contributed by atoms with Crippen molar-refractivity contribution in [3.8, 4) is 0 Å². The smallest absolute Gasteiger partial charge is 0.209 e. The summed E-state index contributed by atoms with van der Waals surface area (Å²) < 4.78 is 10.1. The predicted molar refractivity (Wildman–Crippen MR) is 93.8 cm³/mol. The average Bonchev–Trinajstić information content (AvgIpc) is 2.53. The molecule has 0 aromatic heterocycles. The van der Waals surface area contributed by atoms with Crippen molar-refractivity contribution < 1.29 is 43.7 Å². The van der Waals surface area contributed by atoms with E-state index < -0.39 is 6.39 Å². The third-order valence-electron chi connectivity index (χ3n) is 3.63. The van der Waals surface area contributed by atoms with Crippen LogP contribution in [0.1, 0.15) is 28.1 Å². The number of likely N-dealkylation sites (tertiary alicyclic amines) is 1. The molecule has 24 heavy (non-hydrogen) atoms. The van der Waals surface area contributed by atoms with Crippen molar-refractivity contribution in [2.45, 2.75) is 26.7 Å². The van der Waals surface area contributed by atoms with E-state index in [2.05, 4.69) is 11.6 Å². The van der Waals surface area contributed by atoms with Gasteiger partial charge in [0, 0.05) is 55.7 Å². The van der Waals surface area contributed by atoms with Crippen LogP contribution in [0.2, 0.25) is 0 Å². The zero-order chi connectivity index (χ0) is 18.8. The van der Waals surface area contributed by atoms with E-state index in [0.717, 1.165) is 0 Å². The van der Waals surface area contributed by atoms with Gasteiger partial charge in [-0.05, 0) is 12.8 Å². The molecule has 0 saturated carbocycles. The number of nitrogens with zero attached hydrogens (tertiary/aromatic N) is 2. The first kappa shape index (κ1) is 24.0. The Balaban J connectivity index is 0. The number of carbonyl (C=O) groups is 2. The second kappa shape index (κ2) is 14.2. The monoisotopic (exact) mass is 436 g/mol. The summed E-state index contributed by atoms with van der Waals surface area (Å²) in [7, 11) is 0. The van der Waals surface area contributed by atoms with Crippen LogP contribution in [0.5, 0.6) is 0 Å². The SMILES string of the molecule is O=O.[3H]C(=O)N1CCC([CH2-])(CN([CH-]C(C)C)C(=O)CNSC)CC1.[Y]. The molecular weight excluding hydrogens is 407 g/mol. The molecule has 1 aliphatic heterocycles. The summed E-state index contributed by atoms with van der Waals surface area (Å²) in [5.74, 6) is 0.307. The molecule has 7 nitrogen and oxygen atoms in total. The third kappa shape index (κ3) is 10.1. The van der Waals surface area contributed by atoms with E-state index in [1.54, 1.807) is 4.90 Å². The summed E-state index contributed by atoms with van der Waals surface area (Å²) in [6.45, 7) is 12.2. The minimum Gasteiger partial charge on any atom is -0.493 e. The van der Waals surface area contributed by atoms with E-state index >= 15 is 0 Å². The van der Waals surface area contributed by atoms with E-state index in [4.69, 9.17) is 11.3 Å². The Morgan fingerprint density at radius 1 is 1.50 bits per heavy atom. The molecule has 1 saturated heterocycles. The van der Waals surface area contributed by atoms with Crippen molar-refractivity contribution in [2.75, 3.05) is 32.4 Å². The fraction of sp³-hybridized carbons (Fsp3) is 0.733. The quantitative estimate of drug-likeness (QED) is 0.371. The van der Waals surface area contributed by atoms with Crippen LogP contribution in [0, 0.1) is 34.7 Å². The summed E-state index contributed by atoms with van der Waals surface area (Å²) in [5, 5.41) is 0. The first-order valence-corrected chi connectivity index (χ1v) is 8.68. The maximum absolute atomic E-state index is 12.3. The van der Waals surface area contributed by atoms with E-state index in [1.807, 2.05) is 26.6 Å². The van der Waals surface area contributed by atoms with Crippen LogP contribution in [-0.4, -0.2) is 54.5 Å². The van der Waals surface area contributed by atoms with Gasteiger partial charge in [-0.3, -0.25) is 14.3 Å². The summed E-state index contributed by atoms with van der Waals surface area (Å²) >= 11 is 1.42. The largest absolute Gasteiger partial charge is 0.493 e. The van der Waals surface area contributed by atoms with Gasteiger partial charge in [0.05, 0.1) is 6.54 Å². The van der Waals surface area contributed by atoms with E-state index in [1.165, 1.54) is 16.8 Å². The first-order chi connectivity index (χ1) is 11.3. The standard InChI is InChI=1S/C15H27N3O2S.O2.Y/c1-13(2)10-18(14(20)9-16-21-4)11-15(3)5-7-17(12-19)8-6-15;1-2;/h10,12-13,16H,3,5-9,11H2,1-2,4H3;;/q-2;;/i12T;;. The Bertz CT molecular complexity index is 410. The molecule has 1 aliphatic rings. The van der Waals surface area contributed by atoms with Crippen molar-refractivity contribution in [1.82, 2.24) is 14.5 Å². The molecule has 0 unspecified atom stereocenters. The van der Waals surface area contributed by atoms with Gasteiger partial charge in [0.1, 0.15) is 1.37 Å². The summed E-state index contributed by atoms with van der Waals surface area (Å²) in [6, 6.07) is 0. The number of amides is 2. The molecule has 2 amide bonds. The number of nitrogens with one attached hydrogen (secondary N) is 1. The van der Waals surface area contributed by atoms with Crippen molar-refractivity contribution >= 4 is 24.2 Å². The minimum atomic E-state index is -0.632. The van der Waals surface area contributed by atoms with Crippen LogP contribution in [0.25, 0.3) is 0 Å². The summed E-state index contributed by atoms with van der Waals surface area (Å²) in [4.78, 5) is 40.7. The summed E-state index contributed by atoms with van der Waals surface area (Å²) in [6.07, 6.45) is 2.68. The molecule has 0 aliphatic carbocycles. The number of carbonyl (C=O) groups excluding carboxylic acids is 2. The van der Waals surface area contributed by atoms with Crippen LogP contribution >= 0.6 is 11.9 Å². The fourth-order valence-electron chi connectivity index (χ4n) is 2.41. The van der Waals surface area contributed by atoms with Gasteiger partial charge in [0.2, 0.25) is 12.3 Å². The van der Waals surface area contributed by atoms with Crippen molar-refractivity contribution in [3.05, 3.63) is 23.4 Å². The van der Waals surface area contributed by atoms with Crippen LogP contribution < -0.4 is 4.72 Å². The van der Waals surface area contributed by atoms with Crippen molar-refractivity contribution in [1.29, 1.82) is 0 Å². The average molecular weight is 436 g/mol. The number of piperidine rings is 1. The molecule has 0 aromatic carbocycles. The van der Waals surface area contributed by atoms with E-state index in [-0.39, 0.29) is 56.5 Å². The van der Waals surface area contributed by atoms with Crippen LogP contribution in [0.15, 0.2) is 0 Å². The Kier molecular flexibility index (Phi) is 14.1. The first-order valence-electron chi connectivity index (χ1n) is 7.95. The Morgan fingerprint density at radius 2 is 2.04 bits per heavy atom. The molecule has 1 fully saturated rings. The molecule has 0 atom stereocenters. The van der Waals surface area contributed by atoms with Gasteiger partial charge in [-0.2, -0.15) is 5.92 Å². The Labute approximate surface area is 175 Å².